The summed E-state index contributed by atoms with van der Waals surface area (Å²) in [5.74, 6) is -0.0590. The van der Waals surface area contributed by atoms with Crippen molar-refractivity contribution in [2.75, 3.05) is 11.1 Å². The summed E-state index contributed by atoms with van der Waals surface area (Å²) in [5.41, 5.74) is 8.41. The number of nitrogens with two attached hydrogens (primary N) is 1. The Morgan fingerprint density at radius 2 is 2.00 bits per heavy atom. The van der Waals surface area contributed by atoms with Crippen molar-refractivity contribution in [2.24, 2.45) is 0 Å². The van der Waals surface area contributed by atoms with Crippen LogP contribution in [-0.4, -0.2) is 5.78 Å². The lowest BCUT2D eigenvalue weighted by atomic mass is 10.1. The molecule has 3 nitrogen and oxygen atoms in total. The van der Waals surface area contributed by atoms with Gasteiger partial charge in [-0.25, -0.2) is 0 Å². The van der Waals surface area contributed by atoms with Crippen molar-refractivity contribution in [3.8, 4) is 0 Å². The maximum absolute atomic E-state index is 11.4. The van der Waals surface area contributed by atoms with Crippen molar-refractivity contribution in [1.82, 2.24) is 0 Å². The summed E-state index contributed by atoms with van der Waals surface area (Å²) in [6.45, 7) is 1.49. The summed E-state index contributed by atoms with van der Waals surface area (Å²) < 4.78 is 0.848. The van der Waals surface area contributed by atoms with Gasteiger partial charge in [0.25, 0.3) is 0 Å². The van der Waals surface area contributed by atoms with Crippen LogP contribution >= 0.6 is 27.5 Å². The fourth-order valence-electron chi connectivity index (χ4n) is 1.69. The fraction of sp³-hybridized carbons (Fsp3) is 0.0714. The number of ketones is 1. The van der Waals surface area contributed by atoms with E-state index < -0.39 is 0 Å². The molecule has 0 aliphatic heterocycles. The Balaban J connectivity index is 2.33. The normalized spacial score (nSPS) is 10.3. The second-order valence-corrected chi connectivity index (χ2v) is 5.40. The van der Waals surface area contributed by atoms with Gasteiger partial charge in [0.2, 0.25) is 0 Å². The highest BCUT2D eigenvalue weighted by Crippen LogP contribution is 2.29. The predicted octanol–water partition coefficient (Wildman–Crippen LogP) is 4.63. The van der Waals surface area contributed by atoms with Gasteiger partial charge in [0.15, 0.2) is 5.78 Å². The van der Waals surface area contributed by atoms with Crippen LogP contribution in [0, 0.1) is 0 Å². The molecule has 2 rings (SSSR count). The lowest BCUT2D eigenvalue weighted by Gasteiger charge is -2.11. The van der Waals surface area contributed by atoms with Crippen LogP contribution in [0.15, 0.2) is 40.9 Å². The van der Waals surface area contributed by atoms with E-state index in [1.807, 2.05) is 12.1 Å². The van der Waals surface area contributed by atoms with Crippen LogP contribution in [0.25, 0.3) is 0 Å². The molecule has 3 N–H and O–H groups in total. The summed E-state index contributed by atoms with van der Waals surface area (Å²) in [5, 5.41) is 3.86. The van der Waals surface area contributed by atoms with Crippen LogP contribution in [0.4, 0.5) is 17.1 Å². The van der Waals surface area contributed by atoms with E-state index in [1.165, 1.54) is 6.92 Å². The van der Waals surface area contributed by atoms with Crippen LogP contribution in [0.1, 0.15) is 17.3 Å². The Kier molecular flexibility index (Phi) is 4.12. The third kappa shape index (κ3) is 3.28. The predicted molar refractivity (Wildman–Crippen MR) is 83.3 cm³/mol. The van der Waals surface area contributed by atoms with E-state index in [2.05, 4.69) is 21.2 Å². The SMILES string of the molecule is CC(=O)c1cc(Nc2ccc(Cl)cc2Br)ccc1N. The van der Waals surface area contributed by atoms with Gasteiger partial charge in [-0.1, -0.05) is 11.6 Å². The molecular formula is C14H12BrClN2O. The lowest BCUT2D eigenvalue weighted by molar-refractivity contribution is 0.101. The minimum atomic E-state index is -0.0590. The number of nitrogens with one attached hydrogen (secondary N) is 1. The van der Waals surface area contributed by atoms with Gasteiger partial charge in [-0.05, 0) is 59.3 Å². The molecule has 0 amide bonds. The van der Waals surface area contributed by atoms with Gasteiger partial charge in [0.1, 0.15) is 0 Å². The van der Waals surface area contributed by atoms with Gasteiger partial charge in [-0.2, -0.15) is 0 Å². The van der Waals surface area contributed by atoms with Gasteiger partial charge >= 0.3 is 0 Å². The molecule has 0 bridgehead atoms. The van der Waals surface area contributed by atoms with Crippen molar-refractivity contribution in [1.29, 1.82) is 0 Å². The molecule has 0 radical (unpaired) electrons. The highest BCUT2D eigenvalue weighted by Gasteiger charge is 2.07. The molecule has 0 heterocycles. The van der Waals surface area contributed by atoms with Crippen LogP contribution < -0.4 is 11.1 Å². The Morgan fingerprint density at radius 1 is 1.26 bits per heavy atom. The molecule has 19 heavy (non-hydrogen) atoms. The Morgan fingerprint density at radius 3 is 2.63 bits per heavy atom. The fourth-order valence-corrected chi connectivity index (χ4v) is 2.47. The molecule has 2 aromatic carbocycles. The molecule has 2 aromatic rings. The Labute approximate surface area is 124 Å². The van der Waals surface area contributed by atoms with Gasteiger partial charge in [-0.3, -0.25) is 4.79 Å². The highest BCUT2D eigenvalue weighted by atomic mass is 79.9. The summed E-state index contributed by atoms with van der Waals surface area (Å²) in [6.07, 6.45) is 0. The monoisotopic (exact) mass is 338 g/mol. The standard InChI is InChI=1S/C14H12BrClN2O/c1-8(19)11-7-10(3-4-13(11)17)18-14-5-2-9(16)6-12(14)15/h2-7,18H,17H2,1H3. The first-order chi connectivity index (χ1) is 8.97. The van der Waals surface area contributed by atoms with E-state index in [-0.39, 0.29) is 5.78 Å². The summed E-state index contributed by atoms with van der Waals surface area (Å²) in [6, 6.07) is 10.7. The number of rotatable bonds is 3. The van der Waals surface area contributed by atoms with E-state index in [9.17, 15) is 4.79 Å². The molecule has 98 valence electrons. The largest absolute Gasteiger partial charge is 0.398 e. The van der Waals surface area contributed by atoms with Crippen LogP contribution in [0.3, 0.4) is 0 Å². The molecule has 0 saturated heterocycles. The zero-order chi connectivity index (χ0) is 14.0. The van der Waals surface area contributed by atoms with Crippen LogP contribution in [-0.2, 0) is 0 Å². The third-order valence-electron chi connectivity index (χ3n) is 2.64. The summed E-state index contributed by atoms with van der Waals surface area (Å²) >= 11 is 9.32. The lowest BCUT2D eigenvalue weighted by Crippen LogP contribution is -2.01. The number of benzene rings is 2. The van der Waals surface area contributed by atoms with Crippen LogP contribution in [0.5, 0.6) is 0 Å². The van der Waals surface area contributed by atoms with Gasteiger partial charge < -0.3 is 11.1 Å². The molecule has 0 fully saturated rings. The molecule has 0 unspecified atom stereocenters. The topological polar surface area (TPSA) is 55.1 Å². The van der Waals surface area contributed by atoms with Crippen molar-refractivity contribution < 1.29 is 4.79 Å². The highest BCUT2D eigenvalue weighted by molar-refractivity contribution is 9.10. The van der Waals surface area contributed by atoms with Crippen molar-refractivity contribution in [3.63, 3.8) is 0 Å². The smallest absolute Gasteiger partial charge is 0.161 e. The van der Waals surface area contributed by atoms with Gasteiger partial charge in [-0.15, -0.1) is 0 Å². The molecule has 0 atom stereocenters. The van der Waals surface area contributed by atoms with Crippen molar-refractivity contribution in [2.45, 2.75) is 6.92 Å². The summed E-state index contributed by atoms with van der Waals surface area (Å²) in [4.78, 5) is 11.4. The van der Waals surface area contributed by atoms with Crippen molar-refractivity contribution >= 4 is 50.4 Å². The number of anilines is 3. The number of nitrogen functional groups attached to an aromatic ring is 1. The first kappa shape index (κ1) is 13.9. The minimum Gasteiger partial charge on any atom is -0.398 e. The molecule has 0 aromatic heterocycles. The maximum atomic E-state index is 11.4. The maximum Gasteiger partial charge on any atom is 0.161 e. The van der Waals surface area contributed by atoms with Gasteiger partial charge in [0.05, 0.1) is 5.69 Å². The molecule has 0 aliphatic rings. The number of carbonyl (C=O) groups is 1. The molecule has 0 saturated carbocycles. The van der Waals surface area contributed by atoms with E-state index >= 15 is 0 Å². The van der Waals surface area contributed by atoms with E-state index in [0.717, 1.165) is 15.8 Å². The second-order valence-electron chi connectivity index (χ2n) is 4.11. The quantitative estimate of drug-likeness (QED) is 0.633. The number of hydrogen-bond acceptors (Lipinski definition) is 3. The van der Waals surface area contributed by atoms with Crippen molar-refractivity contribution in [3.05, 3.63) is 51.5 Å². The number of Topliss-reactive ketones (excluding diaryl/α,β-unsaturated/α-hetero) is 1. The minimum absolute atomic E-state index is 0.0590. The third-order valence-corrected chi connectivity index (χ3v) is 3.53. The van der Waals surface area contributed by atoms with E-state index in [4.69, 9.17) is 17.3 Å². The average Bonchev–Trinajstić information content (AvgIpc) is 2.34. The second kappa shape index (κ2) is 5.63. The Bertz CT molecular complexity index is 643. The number of hydrogen-bond donors (Lipinski definition) is 2. The average molecular weight is 340 g/mol. The molecule has 0 aliphatic carbocycles. The molecular weight excluding hydrogens is 328 g/mol. The zero-order valence-corrected chi connectivity index (χ0v) is 12.5. The first-order valence-electron chi connectivity index (χ1n) is 5.60. The van der Waals surface area contributed by atoms with E-state index in [0.29, 0.717) is 16.3 Å². The first-order valence-corrected chi connectivity index (χ1v) is 6.77. The molecule has 0 spiro atoms. The van der Waals surface area contributed by atoms with Gasteiger partial charge in [0, 0.05) is 26.4 Å². The van der Waals surface area contributed by atoms with E-state index in [1.54, 1.807) is 24.3 Å². The summed E-state index contributed by atoms with van der Waals surface area (Å²) in [7, 11) is 0. The number of halogens is 2. The number of carbonyl (C=O) groups excluding carboxylic acids is 1. The Hall–Kier alpha value is -1.52. The molecule has 5 heteroatoms. The zero-order valence-electron chi connectivity index (χ0n) is 10.2. The van der Waals surface area contributed by atoms with Crippen LogP contribution in [0.2, 0.25) is 5.02 Å².